The van der Waals surface area contributed by atoms with Gasteiger partial charge in [-0.1, -0.05) is 29.8 Å². The number of carboxylic acid groups (broad SMARTS) is 1. The molecule has 2 aromatic rings. The summed E-state index contributed by atoms with van der Waals surface area (Å²) in [6.45, 7) is 5.25. The average molecular weight is 388 g/mol. The SMILES string of the molecule is Cc1cc(C)c(S(=O)(=O)N2c3ccccc3NC(=O)C2CC(=O)O)c(C)c1. The zero-order valence-electron chi connectivity index (χ0n) is 15.2. The zero-order chi connectivity index (χ0) is 19.9. The number of para-hydroxylation sites is 2. The molecule has 1 aliphatic heterocycles. The number of carbonyl (C=O) groups is 2. The summed E-state index contributed by atoms with van der Waals surface area (Å²) in [5.41, 5.74) is 2.59. The molecule has 1 atom stereocenters. The Balaban J connectivity index is 2.27. The topological polar surface area (TPSA) is 104 Å². The van der Waals surface area contributed by atoms with Crippen LogP contribution in [-0.2, 0) is 19.6 Å². The number of aliphatic carboxylic acids is 1. The number of anilines is 2. The van der Waals surface area contributed by atoms with E-state index in [4.69, 9.17) is 0 Å². The maximum atomic E-state index is 13.6. The van der Waals surface area contributed by atoms with Gasteiger partial charge in [0, 0.05) is 0 Å². The number of carboxylic acids is 1. The van der Waals surface area contributed by atoms with Crippen LogP contribution in [0.1, 0.15) is 23.1 Å². The predicted octanol–water partition coefficient (Wildman–Crippen LogP) is 2.60. The van der Waals surface area contributed by atoms with E-state index in [9.17, 15) is 23.1 Å². The van der Waals surface area contributed by atoms with Crippen LogP contribution in [0.5, 0.6) is 0 Å². The van der Waals surface area contributed by atoms with Crippen LogP contribution in [0.3, 0.4) is 0 Å². The molecule has 1 unspecified atom stereocenters. The number of nitrogens with zero attached hydrogens (tertiary/aromatic N) is 1. The van der Waals surface area contributed by atoms with Gasteiger partial charge in [0.1, 0.15) is 6.04 Å². The third kappa shape index (κ3) is 3.28. The normalized spacial score (nSPS) is 16.6. The molecule has 8 heteroatoms. The highest BCUT2D eigenvalue weighted by Gasteiger charge is 2.42. The summed E-state index contributed by atoms with van der Waals surface area (Å²) < 4.78 is 28.1. The zero-order valence-corrected chi connectivity index (χ0v) is 16.0. The fourth-order valence-electron chi connectivity index (χ4n) is 3.57. The van der Waals surface area contributed by atoms with Gasteiger partial charge in [-0.25, -0.2) is 8.42 Å². The summed E-state index contributed by atoms with van der Waals surface area (Å²) in [7, 11) is -4.17. The Labute approximate surface area is 157 Å². The summed E-state index contributed by atoms with van der Waals surface area (Å²) in [6, 6.07) is 8.59. The number of benzene rings is 2. The first-order valence-electron chi connectivity index (χ1n) is 8.37. The Bertz CT molecular complexity index is 1020. The van der Waals surface area contributed by atoms with Crippen molar-refractivity contribution in [2.24, 2.45) is 0 Å². The molecule has 0 radical (unpaired) electrons. The smallest absolute Gasteiger partial charge is 0.306 e. The summed E-state index contributed by atoms with van der Waals surface area (Å²) in [5, 5.41) is 11.8. The first-order chi connectivity index (χ1) is 12.6. The van der Waals surface area contributed by atoms with Crippen molar-refractivity contribution < 1.29 is 23.1 Å². The second kappa shape index (κ2) is 6.70. The maximum Gasteiger partial charge on any atom is 0.306 e. The number of amides is 1. The van der Waals surface area contributed by atoms with Gasteiger partial charge in [0.25, 0.3) is 10.0 Å². The quantitative estimate of drug-likeness (QED) is 0.838. The molecule has 0 aliphatic carbocycles. The molecular weight excluding hydrogens is 368 g/mol. The number of hydrogen-bond donors (Lipinski definition) is 2. The number of rotatable bonds is 4. The molecule has 2 aromatic carbocycles. The summed E-state index contributed by atoms with van der Waals surface area (Å²) in [5.74, 6) is -1.92. The Kier molecular flexibility index (Phi) is 4.69. The number of aryl methyl sites for hydroxylation is 3. The lowest BCUT2D eigenvalue weighted by atomic mass is 10.1. The van der Waals surface area contributed by atoms with E-state index < -0.39 is 34.4 Å². The highest BCUT2D eigenvalue weighted by molar-refractivity contribution is 7.93. The summed E-state index contributed by atoms with van der Waals surface area (Å²) in [6.07, 6.45) is -0.636. The molecule has 0 saturated heterocycles. The molecule has 1 amide bonds. The lowest BCUT2D eigenvalue weighted by Gasteiger charge is -2.37. The van der Waals surface area contributed by atoms with Crippen LogP contribution in [0.25, 0.3) is 0 Å². The number of hydrogen-bond acceptors (Lipinski definition) is 4. The van der Waals surface area contributed by atoms with E-state index in [1.165, 1.54) is 0 Å². The van der Waals surface area contributed by atoms with Crippen LogP contribution in [0.2, 0.25) is 0 Å². The van der Waals surface area contributed by atoms with Crippen molar-refractivity contribution in [2.45, 2.75) is 38.1 Å². The number of sulfonamides is 1. The van der Waals surface area contributed by atoms with E-state index in [0.29, 0.717) is 16.8 Å². The number of carbonyl (C=O) groups excluding carboxylic acids is 1. The minimum Gasteiger partial charge on any atom is -0.481 e. The van der Waals surface area contributed by atoms with Crippen LogP contribution in [0, 0.1) is 20.8 Å². The van der Waals surface area contributed by atoms with E-state index in [1.54, 1.807) is 50.2 Å². The fourth-order valence-corrected chi connectivity index (χ4v) is 5.62. The lowest BCUT2D eigenvalue weighted by molar-refractivity contribution is -0.138. The Morgan fingerprint density at radius 2 is 1.74 bits per heavy atom. The van der Waals surface area contributed by atoms with Gasteiger partial charge in [-0.3, -0.25) is 13.9 Å². The van der Waals surface area contributed by atoms with Gasteiger partial charge < -0.3 is 10.4 Å². The fraction of sp³-hybridized carbons (Fsp3) is 0.263. The van der Waals surface area contributed by atoms with E-state index >= 15 is 0 Å². The summed E-state index contributed by atoms with van der Waals surface area (Å²) in [4.78, 5) is 23.9. The third-order valence-electron chi connectivity index (χ3n) is 4.47. The van der Waals surface area contributed by atoms with E-state index in [1.807, 2.05) is 6.92 Å². The van der Waals surface area contributed by atoms with Crippen LogP contribution in [0.4, 0.5) is 11.4 Å². The molecule has 1 heterocycles. The van der Waals surface area contributed by atoms with Crippen LogP contribution in [0.15, 0.2) is 41.3 Å². The van der Waals surface area contributed by atoms with Crippen LogP contribution >= 0.6 is 0 Å². The Hall–Kier alpha value is -2.87. The molecule has 0 spiro atoms. The monoisotopic (exact) mass is 388 g/mol. The van der Waals surface area contributed by atoms with E-state index in [2.05, 4.69) is 5.32 Å². The molecule has 3 rings (SSSR count). The van der Waals surface area contributed by atoms with Crippen molar-refractivity contribution >= 4 is 33.3 Å². The molecule has 2 N–H and O–H groups in total. The van der Waals surface area contributed by atoms with Gasteiger partial charge in [0.15, 0.2) is 0 Å². The van der Waals surface area contributed by atoms with Crippen molar-refractivity contribution in [2.75, 3.05) is 9.62 Å². The Morgan fingerprint density at radius 3 is 2.33 bits per heavy atom. The van der Waals surface area contributed by atoms with Crippen molar-refractivity contribution in [3.05, 3.63) is 53.1 Å². The molecule has 7 nitrogen and oxygen atoms in total. The molecule has 0 aromatic heterocycles. The van der Waals surface area contributed by atoms with Gasteiger partial charge in [-0.05, 0) is 44.0 Å². The maximum absolute atomic E-state index is 13.6. The van der Waals surface area contributed by atoms with Crippen molar-refractivity contribution in [3.63, 3.8) is 0 Å². The molecule has 27 heavy (non-hydrogen) atoms. The predicted molar refractivity (Wildman–Crippen MR) is 101 cm³/mol. The highest BCUT2D eigenvalue weighted by atomic mass is 32.2. The van der Waals surface area contributed by atoms with Crippen molar-refractivity contribution in [3.8, 4) is 0 Å². The second-order valence-electron chi connectivity index (χ2n) is 6.65. The largest absolute Gasteiger partial charge is 0.481 e. The molecule has 142 valence electrons. The van der Waals surface area contributed by atoms with Gasteiger partial charge in [0.05, 0.1) is 22.7 Å². The first-order valence-corrected chi connectivity index (χ1v) is 9.81. The van der Waals surface area contributed by atoms with Gasteiger partial charge >= 0.3 is 5.97 Å². The minimum atomic E-state index is -4.17. The van der Waals surface area contributed by atoms with Crippen LogP contribution < -0.4 is 9.62 Å². The Morgan fingerprint density at radius 1 is 1.15 bits per heavy atom. The first kappa shape index (κ1) is 18.9. The molecule has 0 fully saturated rings. The molecular formula is C19H20N2O5S. The number of fused-ring (bicyclic) bond motifs is 1. The average Bonchev–Trinajstić information content (AvgIpc) is 2.53. The number of nitrogens with one attached hydrogen (secondary N) is 1. The van der Waals surface area contributed by atoms with Gasteiger partial charge in [-0.15, -0.1) is 0 Å². The lowest BCUT2D eigenvalue weighted by Crippen LogP contribution is -2.52. The van der Waals surface area contributed by atoms with E-state index in [0.717, 1.165) is 9.87 Å². The van der Waals surface area contributed by atoms with Gasteiger partial charge in [-0.2, -0.15) is 0 Å². The molecule has 0 saturated carbocycles. The standard InChI is InChI=1S/C19H20N2O5S/c1-11-8-12(2)18(13(3)9-11)27(25,26)21-15-7-5-4-6-14(15)20-19(24)16(21)10-17(22)23/h4-9,16H,10H2,1-3H3,(H,20,24)(H,22,23). The minimum absolute atomic E-state index is 0.0907. The van der Waals surface area contributed by atoms with E-state index in [-0.39, 0.29) is 10.6 Å². The highest BCUT2D eigenvalue weighted by Crippen LogP contribution is 2.38. The molecule has 1 aliphatic rings. The van der Waals surface area contributed by atoms with Crippen molar-refractivity contribution in [1.29, 1.82) is 0 Å². The second-order valence-corrected chi connectivity index (χ2v) is 8.40. The summed E-state index contributed by atoms with van der Waals surface area (Å²) >= 11 is 0. The third-order valence-corrected chi connectivity index (χ3v) is 6.60. The van der Waals surface area contributed by atoms with Crippen LogP contribution in [-0.4, -0.2) is 31.4 Å². The molecule has 0 bridgehead atoms. The van der Waals surface area contributed by atoms with Crippen molar-refractivity contribution in [1.82, 2.24) is 0 Å². The van der Waals surface area contributed by atoms with Gasteiger partial charge in [0.2, 0.25) is 5.91 Å².